The Balaban J connectivity index is 2.24. The molecule has 1 aromatic heterocycles. The minimum atomic E-state index is -0.376. The average Bonchev–Trinajstić information content (AvgIpc) is 2.55. The maximum Gasteiger partial charge on any atom is 0.270 e. The Labute approximate surface area is 134 Å². The molecule has 0 spiro atoms. The van der Waals surface area contributed by atoms with E-state index < -0.39 is 0 Å². The normalized spacial score (nSPS) is 11.3. The fraction of sp³-hybridized carbons (Fsp3) is 0.235. The minimum absolute atomic E-state index is 0.0764. The number of nitrogen functional groups attached to an aromatic ring is 1. The predicted octanol–water partition coefficient (Wildman–Crippen LogP) is 2.43. The summed E-state index contributed by atoms with van der Waals surface area (Å²) in [4.78, 5) is 16.5. The van der Waals surface area contributed by atoms with E-state index in [2.05, 4.69) is 10.3 Å². The molecule has 2 rings (SSSR count). The SMILES string of the molecule is CCOc1nc(C(=O)N[C@@H](C)c2ccccc2)cc(N)c1C#N. The van der Waals surface area contributed by atoms with Crippen LogP contribution in [-0.4, -0.2) is 17.5 Å². The highest BCUT2D eigenvalue weighted by molar-refractivity contribution is 5.94. The molecule has 0 bridgehead atoms. The molecule has 0 radical (unpaired) electrons. The molecule has 1 aromatic carbocycles. The number of nitrogens with two attached hydrogens (primary N) is 1. The smallest absolute Gasteiger partial charge is 0.270 e. The molecule has 6 nitrogen and oxygen atoms in total. The van der Waals surface area contributed by atoms with E-state index in [9.17, 15) is 4.79 Å². The Morgan fingerprint density at radius 3 is 2.74 bits per heavy atom. The number of aromatic nitrogens is 1. The molecule has 0 saturated carbocycles. The van der Waals surface area contributed by atoms with Crippen LogP contribution < -0.4 is 15.8 Å². The molecule has 118 valence electrons. The van der Waals surface area contributed by atoms with Crippen molar-refractivity contribution >= 4 is 11.6 Å². The Morgan fingerprint density at radius 1 is 1.43 bits per heavy atom. The van der Waals surface area contributed by atoms with Gasteiger partial charge in [0.25, 0.3) is 5.91 Å². The second kappa shape index (κ2) is 7.27. The highest BCUT2D eigenvalue weighted by Crippen LogP contribution is 2.23. The van der Waals surface area contributed by atoms with E-state index in [0.717, 1.165) is 5.56 Å². The first-order valence-electron chi connectivity index (χ1n) is 7.26. The van der Waals surface area contributed by atoms with Crippen molar-refractivity contribution < 1.29 is 9.53 Å². The number of carbonyl (C=O) groups is 1. The Kier molecular flexibility index (Phi) is 5.15. The van der Waals surface area contributed by atoms with Crippen molar-refractivity contribution in [2.24, 2.45) is 0 Å². The monoisotopic (exact) mass is 310 g/mol. The molecule has 2 aromatic rings. The van der Waals surface area contributed by atoms with E-state index in [1.807, 2.05) is 43.3 Å². The Hall–Kier alpha value is -3.07. The lowest BCUT2D eigenvalue weighted by atomic mass is 10.1. The van der Waals surface area contributed by atoms with Crippen LogP contribution in [0.15, 0.2) is 36.4 Å². The number of nitriles is 1. The van der Waals surface area contributed by atoms with Gasteiger partial charge in [0.15, 0.2) is 0 Å². The number of hydrogen-bond acceptors (Lipinski definition) is 5. The van der Waals surface area contributed by atoms with Crippen LogP contribution in [0.2, 0.25) is 0 Å². The first-order chi connectivity index (χ1) is 11.1. The van der Waals surface area contributed by atoms with Gasteiger partial charge in [-0.05, 0) is 25.5 Å². The van der Waals surface area contributed by atoms with Crippen LogP contribution in [0.5, 0.6) is 5.88 Å². The van der Waals surface area contributed by atoms with Crippen molar-refractivity contribution in [1.29, 1.82) is 5.26 Å². The highest BCUT2D eigenvalue weighted by atomic mass is 16.5. The lowest BCUT2D eigenvalue weighted by Gasteiger charge is -2.15. The molecule has 0 saturated heterocycles. The largest absolute Gasteiger partial charge is 0.477 e. The molecule has 0 aliphatic carbocycles. The van der Waals surface area contributed by atoms with Crippen LogP contribution in [0.25, 0.3) is 0 Å². The fourth-order valence-corrected chi connectivity index (χ4v) is 2.11. The van der Waals surface area contributed by atoms with Gasteiger partial charge in [0, 0.05) is 0 Å². The van der Waals surface area contributed by atoms with Gasteiger partial charge >= 0.3 is 0 Å². The van der Waals surface area contributed by atoms with Crippen molar-refractivity contribution in [3.8, 4) is 11.9 Å². The molecule has 0 unspecified atom stereocenters. The van der Waals surface area contributed by atoms with Gasteiger partial charge in [-0.25, -0.2) is 4.98 Å². The number of anilines is 1. The molecule has 1 heterocycles. The first kappa shape index (κ1) is 16.3. The zero-order valence-electron chi connectivity index (χ0n) is 13.0. The van der Waals surface area contributed by atoms with Crippen LogP contribution in [0.3, 0.4) is 0 Å². The van der Waals surface area contributed by atoms with E-state index in [-0.39, 0.29) is 34.8 Å². The van der Waals surface area contributed by atoms with E-state index >= 15 is 0 Å². The van der Waals surface area contributed by atoms with E-state index in [1.165, 1.54) is 6.07 Å². The van der Waals surface area contributed by atoms with Gasteiger partial charge in [-0.2, -0.15) is 5.26 Å². The van der Waals surface area contributed by atoms with Crippen molar-refractivity contribution in [2.75, 3.05) is 12.3 Å². The number of nitrogens with zero attached hydrogens (tertiary/aromatic N) is 2. The second-order valence-electron chi connectivity index (χ2n) is 4.93. The third-order valence-corrected chi connectivity index (χ3v) is 3.29. The van der Waals surface area contributed by atoms with Crippen LogP contribution in [0.1, 0.15) is 41.5 Å². The van der Waals surface area contributed by atoms with Gasteiger partial charge in [0.2, 0.25) is 5.88 Å². The number of ether oxygens (including phenoxy) is 1. The quantitative estimate of drug-likeness (QED) is 0.883. The summed E-state index contributed by atoms with van der Waals surface area (Å²) in [6, 6.07) is 12.7. The zero-order chi connectivity index (χ0) is 16.8. The lowest BCUT2D eigenvalue weighted by Crippen LogP contribution is -2.27. The molecule has 1 amide bonds. The standard InChI is InChI=1S/C17H18N4O2/c1-3-23-17-13(10-18)14(19)9-15(21-17)16(22)20-11(2)12-7-5-4-6-8-12/h4-9,11H,3H2,1-2H3,(H2,19,21)(H,20,22)/t11-/m0/s1. The van der Waals surface area contributed by atoms with Crippen LogP contribution in [0.4, 0.5) is 5.69 Å². The van der Waals surface area contributed by atoms with Crippen LogP contribution in [-0.2, 0) is 0 Å². The van der Waals surface area contributed by atoms with Crippen LogP contribution >= 0.6 is 0 Å². The number of benzene rings is 1. The fourth-order valence-electron chi connectivity index (χ4n) is 2.11. The van der Waals surface area contributed by atoms with Crippen molar-refractivity contribution in [1.82, 2.24) is 10.3 Å². The molecule has 6 heteroatoms. The molecular formula is C17H18N4O2. The lowest BCUT2D eigenvalue weighted by molar-refractivity contribution is 0.0933. The van der Waals surface area contributed by atoms with Crippen molar-refractivity contribution in [3.05, 3.63) is 53.2 Å². The molecule has 0 aliphatic heterocycles. The van der Waals surface area contributed by atoms with E-state index in [0.29, 0.717) is 6.61 Å². The molecule has 23 heavy (non-hydrogen) atoms. The summed E-state index contributed by atoms with van der Waals surface area (Å²) >= 11 is 0. The third kappa shape index (κ3) is 3.77. The molecular weight excluding hydrogens is 292 g/mol. The maximum atomic E-state index is 12.4. The molecule has 3 N–H and O–H groups in total. The maximum absolute atomic E-state index is 12.4. The van der Waals surface area contributed by atoms with Crippen LogP contribution in [0, 0.1) is 11.3 Å². The summed E-state index contributed by atoms with van der Waals surface area (Å²) in [6.07, 6.45) is 0. The third-order valence-electron chi connectivity index (χ3n) is 3.29. The van der Waals surface area contributed by atoms with E-state index in [1.54, 1.807) is 6.92 Å². The van der Waals surface area contributed by atoms with Gasteiger partial charge in [-0.15, -0.1) is 0 Å². The Bertz CT molecular complexity index is 738. The molecule has 0 fully saturated rings. The van der Waals surface area contributed by atoms with E-state index in [4.69, 9.17) is 15.7 Å². The topological polar surface area (TPSA) is 101 Å². The van der Waals surface area contributed by atoms with Crippen molar-refractivity contribution in [3.63, 3.8) is 0 Å². The van der Waals surface area contributed by atoms with Gasteiger partial charge < -0.3 is 15.8 Å². The number of carbonyl (C=O) groups excluding carboxylic acids is 1. The van der Waals surface area contributed by atoms with Gasteiger partial charge in [-0.1, -0.05) is 30.3 Å². The first-order valence-corrected chi connectivity index (χ1v) is 7.26. The number of hydrogen-bond donors (Lipinski definition) is 2. The number of amides is 1. The predicted molar refractivity (Wildman–Crippen MR) is 86.9 cm³/mol. The second-order valence-corrected chi connectivity index (χ2v) is 4.93. The summed E-state index contributed by atoms with van der Waals surface area (Å²) in [6.45, 7) is 3.97. The number of rotatable bonds is 5. The summed E-state index contributed by atoms with van der Waals surface area (Å²) in [7, 11) is 0. The Morgan fingerprint density at radius 2 is 2.13 bits per heavy atom. The van der Waals surface area contributed by atoms with Gasteiger partial charge in [0.05, 0.1) is 18.3 Å². The summed E-state index contributed by atoms with van der Waals surface area (Å²) in [5.41, 5.74) is 7.23. The molecule has 1 atom stereocenters. The van der Waals surface area contributed by atoms with Gasteiger partial charge in [0.1, 0.15) is 17.3 Å². The number of pyridine rings is 1. The number of nitrogens with one attached hydrogen (secondary N) is 1. The molecule has 0 aliphatic rings. The average molecular weight is 310 g/mol. The summed E-state index contributed by atoms with van der Waals surface area (Å²) in [5, 5.41) is 11.9. The van der Waals surface area contributed by atoms with Gasteiger partial charge in [-0.3, -0.25) is 4.79 Å². The highest BCUT2D eigenvalue weighted by Gasteiger charge is 2.18. The van der Waals surface area contributed by atoms with Crippen molar-refractivity contribution in [2.45, 2.75) is 19.9 Å². The summed E-state index contributed by atoms with van der Waals surface area (Å²) < 4.78 is 5.30. The summed E-state index contributed by atoms with van der Waals surface area (Å²) in [5.74, 6) is -0.300. The zero-order valence-corrected chi connectivity index (χ0v) is 13.0. The minimum Gasteiger partial charge on any atom is -0.477 e.